The fourth-order valence-electron chi connectivity index (χ4n) is 2.38. The highest BCUT2D eigenvalue weighted by Gasteiger charge is 2.08. The number of carbonyl (C=O) groups is 1. The lowest BCUT2D eigenvalue weighted by molar-refractivity contribution is 0.233. The van der Waals surface area contributed by atoms with Crippen molar-refractivity contribution >= 4 is 6.03 Å². The number of hydrogen-bond acceptors (Lipinski definition) is 3. The van der Waals surface area contributed by atoms with Gasteiger partial charge >= 0.3 is 6.03 Å². The molecule has 26 heavy (non-hydrogen) atoms. The van der Waals surface area contributed by atoms with Crippen LogP contribution in [-0.2, 0) is 6.42 Å². The Kier molecular flexibility index (Phi) is 7.20. The molecule has 1 unspecified atom stereocenters. The molecule has 0 aliphatic heterocycles. The van der Waals surface area contributed by atoms with Crippen molar-refractivity contribution in [1.82, 2.24) is 10.6 Å². The molecule has 140 valence electrons. The van der Waals surface area contributed by atoms with Crippen LogP contribution in [0.25, 0.3) is 0 Å². The lowest BCUT2D eigenvalue weighted by atomic mass is 10.1. The van der Waals surface area contributed by atoms with E-state index in [1.807, 2.05) is 31.2 Å². The zero-order valence-corrected chi connectivity index (χ0v) is 14.7. The summed E-state index contributed by atoms with van der Waals surface area (Å²) in [7, 11) is 1.61. The normalized spacial score (nSPS) is 11.5. The number of ether oxygens (including phenoxy) is 2. The summed E-state index contributed by atoms with van der Waals surface area (Å²) in [5, 5.41) is 5.48. The highest BCUT2D eigenvalue weighted by Crippen LogP contribution is 2.15. The Hall–Kier alpha value is -2.83. The fourth-order valence-corrected chi connectivity index (χ4v) is 2.38. The number of hydrogen-bond donors (Lipinski definition) is 2. The number of nitrogens with one attached hydrogen (secondary N) is 2. The van der Waals surface area contributed by atoms with Gasteiger partial charge in [0.15, 0.2) is 11.6 Å². The lowest BCUT2D eigenvalue weighted by Crippen LogP contribution is -2.43. The second-order valence-corrected chi connectivity index (χ2v) is 5.78. The van der Waals surface area contributed by atoms with Gasteiger partial charge in [0.05, 0.1) is 13.7 Å². The zero-order chi connectivity index (χ0) is 18.9. The second-order valence-electron chi connectivity index (χ2n) is 5.78. The smallest absolute Gasteiger partial charge is 0.315 e. The average Bonchev–Trinajstić information content (AvgIpc) is 2.61. The van der Waals surface area contributed by atoms with Crippen molar-refractivity contribution in [2.45, 2.75) is 19.4 Å². The first kappa shape index (κ1) is 19.5. The Balaban J connectivity index is 1.68. The van der Waals surface area contributed by atoms with Gasteiger partial charge in [-0.2, -0.15) is 0 Å². The maximum absolute atomic E-state index is 13.0. The zero-order valence-electron chi connectivity index (χ0n) is 14.7. The first-order valence-corrected chi connectivity index (χ1v) is 8.23. The molecule has 0 heterocycles. The maximum Gasteiger partial charge on any atom is 0.315 e. The SMILES string of the molecule is COc1cccc(CC(C)NC(=O)NCCOc2ccc(F)c(F)c2)c1. The molecule has 5 nitrogen and oxygen atoms in total. The molecule has 2 N–H and O–H groups in total. The highest BCUT2D eigenvalue weighted by molar-refractivity contribution is 5.74. The van der Waals surface area contributed by atoms with Gasteiger partial charge in [0.2, 0.25) is 0 Å². The standard InChI is InChI=1S/C19H22F2N2O3/c1-13(10-14-4-3-5-15(11-14)25-2)23-19(24)22-8-9-26-16-6-7-17(20)18(21)12-16/h3-7,11-13H,8-10H2,1-2H3,(H2,22,23,24). The molecular weight excluding hydrogens is 342 g/mol. The molecule has 0 aromatic heterocycles. The number of halogens is 2. The van der Waals surface area contributed by atoms with E-state index in [9.17, 15) is 13.6 Å². The van der Waals surface area contributed by atoms with Gasteiger partial charge in [-0.25, -0.2) is 13.6 Å². The van der Waals surface area contributed by atoms with Gasteiger partial charge in [-0.15, -0.1) is 0 Å². The Morgan fingerprint density at radius 3 is 2.65 bits per heavy atom. The molecule has 0 fully saturated rings. The van der Waals surface area contributed by atoms with Gasteiger partial charge in [-0.1, -0.05) is 12.1 Å². The molecule has 0 saturated heterocycles. The van der Waals surface area contributed by atoms with Gasteiger partial charge in [0, 0.05) is 12.1 Å². The minimum atomic E-state index is -0.973. The van der Waals surface area contributed by atoms with Crippen LogP contribution in [0.1, 0.15) is 12.5 Å². The summed E-state index contributed by atoms with van der Waals surface area (Å²) in [6.45, 7) is 2.27. The number of methoxy groups -OCH3 is 1. The van der Waals surface area contributed by atoms with Crippen molar-refractivity contribution < 1.29 is 23.0 Å². The van der Waals surface area contributed by atoms with Crippen LogP contribution in [0.5, 0.6) is 11.5 Å². The Morgan fingerprint density at radius 2 is 1.92 bits per heavy atom. The third-order valence-corrected chi connectivity index (χ3v) is 3.60. The predicted octanol–water partition coefficient (Wildman–Crippen LogP) is 3.28. The van der Waals surface area contributed by atoms with Gasteiger partial charge in [0.1, 0.15) is 18.1 Å². The maximum atomic E-state index is 13.0. The Bertz CT molecular complexity index is 740. The number of rotatable bonds is 8. The number of benzene rings is 2. The number of amides is 2. The summed E-state index contributed by atoms with van der Waals surface area (Å²) >= 11 is 0. The predicted molar refractivity (Wildman–Crippen MR) is 94.5 cm³/mol. The first-order chi connectivity index (χ1) is 12.5. The minimum Gasteiger partial charge on any atom is -0.497 e. The minimum absolute atomic E-state index is 0.0748. The molecule has 1 atom stereocenters. The van der Waals surface area contributed by atoms with Crippen molar-refractivity contribution in [3.63, 3.8) is 0 Å². The molecule has 2 amide bonds. The van der Waals surface area contributed by atoms with E-state index in [0.717, 1.165) is 23.4 Å². The quantitative estimate of drug-likeness (QED) is 0.707. The van der Waals surface area contributed by atoms with E-state index >= 15 is 0 Å². The first-order valence-electron chi connectivity index (χ1n) is 8.23. The van der Waals surface area contributed by atoms with E-state index in [2.05, 4.69) is 10.6 Å². The van der Waals surface area contributed by atoms with Gasteiger partial charge in [-0.3, -0.25) is 0 Å². The van der Waals surface area contributed by atoms with E-state index in [0.29, 0.717) is 6.42 Å². The fraction of sp³-hybridized carbons (Fsp3) is 0.316. The summed E-state index contributed by atoms with van der Waals surface area (Å²) in [6, 6.07) is 10.5. The summed E-state index contributed by atoms with van der Waals surface area (Å²) in [5.74, 6) is -0.925. The summed E-state index contributed by atoms with van der Waals surface area (Å²) in [6.07, 6.45) is 0.663. The summed E-state index contributed by atoms with van der Waals surface area (Å²) in [4.78, 5) is 11.9. The van der Waals surface area contributed by atoms with E-state index in [1.165, 1.54) is 6.07 Å². The summed E-state index contributed by atoms with van der Waals surface area (Å²) < 4.78 is 36.3. The second kappa shape index (κ2) is 9.60. The monoisotopic (exact) mass is 364 g/mol. The van der Waals surface area contributed by atoms with Crippen molar-refractivity contribution in [2.75, 3.05) is 20.3 Å². The molecule has 7 heteroatoms. The van der Waals surface area contributed by atoms with Crippen LogP contribution in [0.2, 0.25) is 0 Å². The molecule has 0 bridgehead atoms. The topological polar surface area (TPSA) is 59.6 Å². The summed E-state index contributed by atoms with van der Waals surface area (Å²) in [5.41, 5.74) is 1.05. The molecule has 0 spiro atoms. The number of carbonyl (C=O) groups excluding carboxylic acids is 1. The van der Waals surface area contributed by atoms with Gasteiger partial charge in [-0.05, 0) is 43.2 Å². The van der Waals surface area contributed by atoms with Crippen LogP contribution in [0.15, 0.2) is 42.5 Å². The molecule has 2 aromatic carbocycles. The molecule has 0 aliphatic carbocycles. The van der Waals surface area contributed by atoms with E-state index < -0.39 is 11.6 Å². The molecule has 2 aromatic rings. The lowest BCUT2D eigenvalue weighted by Gasteiger charge is -2.15. The largest absolute Gasteiger partial charge is 0.497 e. The van der Waals surface area contributed by atoms with Gasteiger partial charge in [0.25, 0.3) is 0 Å². The van der Waals surface area contributed by atoms with E-state index in [1.54, 1.807) is 7.11 Å². The van der Waals surface area contributed by atoms with E-state index in [4.69, 9.17) is 9.47 Å². The molecule has 0 saturated carbocycles. The van der Waals surface area contributed by atoms with Crippen molar-refractivity contribution in [3.8, 4) is 11.5 Å². The third-order valence-electron chi connectivity index (χ3n) is 3.60. The molecular formula is C19H22F2N2O3. The van der Waals surface area contributed by atoms with Crippen LogP contribution in [0.4, 0.5) is 13.6 Å². The van der Waals surface area contributed by atoms with E-state index in [-0.39, 0.29) is 31.0 Å². The van der Waals surface area contributed by atoms with Crippen LogP contribution in [-0.4, -0.2) is 32.3 Å². The molecule has 0 radical (unpaired) electrons. The molecule has 0 aliphatic rings. The third kappa shape index (κ3) is 6.23. The Morgan fingerprint density at radius 1 is 1.12 bits per heavy atom. The number of urea groups is 1. The van der Waals surface area contributed by atoms with Crippen LogP contribution in [0, 0.1) is 11.6 Å². The molecule has 2 rings (SSSR count). The van der Waals surface area contributed by atoms with Crippen LogP contribution >= 0.6 is 0 Å². The van der Waals surface area contributed by atoms with Crippen molar-refractivity contribution in [1.29, 1.82) is 0 Å². The average molecular weight is 364 g/mol. The Labute approximate surface area is 151 Å². The van der Waals surface area contributed by atoms with Crippen molar-refractivity contribution in [3.05, 3.63) is 59.7 Å². The van der Waals surface area contributed by atoms with Crippen molar-refractivity contribution in [2.24, 2.45) is 0 Å². The highest BCUT2D eigenvalue weighted by atomic mass is 19.2. The van der Waals surface area contributed by atoms with Crippen LogP contribution < -0.4 is 20.1 Å². The van der Waals surface area contributed by atoms with Gasteiger partial charge < -0.3 is 20.1 Å². The van der Waals surface area contributed by atoms with Crippen LogP contribution in [0.3, 0.4) is 0 Å².